The van der Waals surface area contributed by atoms with Crippen LogP contribution in [0.1, 0.15) is 37.9 Å². The van der Waals surface area contributed by atoms with Crippen LogP contribution in [-0.4, -0.2) is 38.3 Å². The number of carbonyl (C=O) groups excluding carboxylic acids is 1. The number of carbonyl (C=O) groups is 1. The van der Waals surface area contributed by atoms with Crippen molar-refractivity contribution in [2.75, 3.05) is 18.8 Å². The van der Waals surface area contributed by atoms with Crippen LogP contribution >= 0.6 is 15.9 Å². The molecule has 0 bridgehead atoms. The SMILES string of the molecule is CCC(=O)N1CCCC(c2nc(Br)c3c(N)nccn23)C1. The van der Waals surface area contributed by atoms with E-state index < -0.39 is 0 Å². The van der Waals surface area contributed by atoms with E-state index in [-0.39, 0.29) is 11.8 Å². The lowest BCUT2D eigenvalue weighted by Gasteiger charge is -2.32. The summed E-state index contributed by atoms with van der Waals surface area (Å²) in [6, 6.07) is 0. The minimum absolute atomic E-state index is 0.209. The molecule has 6 nitrogen and oxygen atoms in total. The Morgan fingerprint density at radius 2 is 2.38 bits per heavy atom. The summed E-state index contributed by atoms with van der Waals surface area (Å²) in [6.07, 6.45) is 6.14. The molecule has 21 heavy (non-hydrogen) atoms. The molecule has 0 aliphatic carbocycles. The van der Waals surface area contributed by atoms with Crippen LogP contribution in [0.2, 0.25) is 0 Å². The maximum atomic E-state index is 11.9. The van der Waals surface area contributed by atoms with Gasteiger partial charge in [-0.25, -0.2) is 9.97 Å². The molecule has 1 aliphatic heterocycles. The van der Waals surface area contributed by atoms with Crippen LogP contribution in [0.5, 0.6) is 0 Å². The van der Waals surface area contributed by atoms with Crippen LogP contribution in [0, 0.1) is 0 Å². The molecular formula is C14H18BrN5O. The maximum absolute atomic E-state index is 11.9. The summed E-state index contributed by atoms with van der Waals surface area (Å²) in [5.41, 5.74) is 6.73. The maximum Gasteiger partial charge on any atom is 0.222 e. The molecule has 1 saturated heterocycles. The van der Waals surface area contributed by atoms with Crippen molar-refractivity contribution in [3.8, 4) is 0 Å². The number of nitrogens with two attached hydrogens (primary N) is 1. The smallest absolute Gasteiger partial charge is 0.222 e. The molecule has 0 aromatic carbocycles. The highest BCUT2D eigenvalue weighted by Gasteiger charge is 2.27. The van der Waals surface area contributed by atoms with E-state index in [0.29, 0.717) is 16.8 Å². The van der Waals surface area contributed by atoms with Gasteiger partial charge in [0.1, 0.15) is 15.9 Å². The van der Waals surface area contributed by atoms with Crippen LogP contribution in [0.3, 0.4) is 0 Å². The highest BCUT2D eigenvalue weighted by Crippen LogP contribution is 2.31. The van der Waals surface area contributed by atoms with Crippen molar-refractivity contribution in [1.82, 2.24) is 19.3 Å². The fourth-order valence-electron chi connectivity index (χ4n) is 2.97. The van der Waals surface area contributed by atoms with Crippen LogP contribution in [0.25, 0.3) is 5.52 Å². The van der Waals surface area contributed by atoms with Crippen molar-refractivity contribution in [1.29, 1.82) is 0 Å². The second-order valence-corrected chi connectivity index (χ2v) is 6.08. The third-order valence-corrected chi connectivity index (χ3v) is 4.56. The number of amides is 1. The van der Waals surface area contributed by atoms with E-state index in [4.69, 9.17) is 5.73 Å². The Balaban J connectivity index is 1.97. The number of nitrogen functional groups attached to an aromatic ring is 1. The molecule has 1 aliphatic rings. The predicted molar refractivity (Wildman–Crippen MR) is 83.9 cm³/mol. The first-order valence-corrected chi connectivity index (χ1v) is 7.96. The van der Waals surface area contributed by atoms with E-state index in [1.54, 1.807) is 6.20 Å². The largest absolute Gasteiger partial charge is 0.382 e. The van der Waals surface area contributed by atoms with Gasteiger partial charge in [0, 0.05) is 37.8 Å². The minimum Gasteiger partial charge on any atom is -0.382 e. The van der Waals surface area contributed by atoms with Crippen LogP contribution < -0.4 is 5.73 Å². The quantitative estimate of drug-likeness (QED) is 0.899. The van der Waals surface area contributed by atoms with E-state index in [0.717, 1.165) is 37.3 Å². The number of hydrogen-bond donors (Lipinski definition) is 1. The van der Waals surface area contributed by atoms with Gasteiger partial charge >= 0.3 is 0 Å². The second kappa shape index (κ2) is 5.63. The number of fused-ring (bicyclic) bond motifs is 1. The summed E-state index contributed by atoms with van der Waals surface area (Å²) in [5, 5.41) is 0. The van der Waals surface area contributed by atoms with Gasteiger partial charge in [0.25, 0.3) is 0 Å². The van der Waals surface area contributed by atoms with Gasteiger partial charge in [-0.15, -0.1) is 0 Å². The van der Waals surface area contributed by atoms with Gasteiger partial charge in [0.2, 0.25) is 5.91 Å². The monoisotopic (exact) mass is 351 g/mol. The zero-order chi connectivity index (χ0) is 15.0. The number of halogens is 1. The number of anilines is 1. The Bertz CT molecular complexity index is 683. The Hall–Kier alpha value is -1.63. The first-order chi connectivity index (χ1) is 10.1. The molecule has 112 valence electrons. The summed E-state index contributed by atoms with van der Waals surface area (Å²) in [5.74, 6) is 1.84. The van der Waals surface area contributed by atoms with Gasteiger partial charge in [-0.1, -0.05) is 6.92 Å². The fraction of sp³-hybridized carbons (Fsp3) is 0.500. The highest BCUT2D eigenvalue weighted by atomic mass is 79.9. The molecular weight excluding hydrogens is 334 g/mol. The molecule has 0 spiro atoms. The minimum atomic E-state index is 0.209. The highest BCUT2D eigenvalue weighted by molar-refractivity contribution is 9.10. The lowest BCUT2D eigenvalue weighted by Crippen LogP contribution is -2.39. The standard InChI is InChI=1S/C14H18BrN5O/c1-2-10(21)19-6-3-4-9(8-19)14-18-12(15)11-13(16)17-5-7-20(11)14/h5,7,9H,2-4,6,8H2,1H3,(H2,16,17). The topological polar surface area (TPSA) is 76.5 Å². The molecule has 0 radical (unpaired) electrons. The third-order valence-electron chi connectivity index (χ3n) is 4.01. The summed E-state index contributed by atoms with van der Waals surface area (Å²) >= 11 is 3.46. The normalized spacial score (nSPS) is 19.1. The number of aromatic nitrogens is 3. The number of rotatable bonds is 2. The van der Waals surface area contributed by atoms with E-state index >= 15 is 0 Å². The zero-order valence-electron chi connectivity index (χ0n) is 11.9. The lowest BCUT2D eigenvalue weighted by molar-refractivity contribution is -0.132. The van der Waals surface area contributed by atoms with Crippen LogP contribution in [0.15, 0.2) is 17.0 Å². The van der Waals surface area contributed by atoms with E-state index in [1.807, 2.05) is 22.4 Å². The molecule has 7 heteroatoms. The Kier molecular flexibility index (Phi) is 3.84. The summed E-state index contributed by atoms with van der Waals surface area (Å²) < 4.78 is 2.69. The number of piperidine rings is 1. The summed E-state index contributed by atoms with van der Waals surface area (Å²) in [7, 11) is 0. The molecule has 1 amide bonds. The molecule has 1 unspecified atom stereocenters. The molecule has 1 atom stereocenters. The van der Waals surface area contributed by atoms with Gasteiger partial charge < -0.3 is 10.6 Å². The zero-order valence-corrected chi connectivity index (χ0v) is 13.5. The van der Waals surface area contributed by atoms with Gasteiger partial charge in [0.05, 0.1) is 0 Å². The van der Waals surface area contributed by atoms with Crippen molar-refractivity contribution in [2.45, 2.75) is 32.1 Å². The van der Waals surface area contributed by atoms with Crippen molar-refractivity contribution in [3.63, 3.8) is 0 Å². The Morgan fingerprint density at radius 1 is 1.57 bits per heavy atom. The number of likely N-dealkylation sites (tertiary alicyclic amines) is 1. The Morgan fingerprint density at radius 3 is 3.14 bits per heavy atom. The summed E-state index contributed by atoms with van der Waals surface area (Å²) in [4.78, 5) is 22.6. The number of imidazole rings is 1. The molecule has 2 aromatic rings. The number of nitrogens with zero attached hydrogens (tertiary/aromatic N) is 4. The molecule has 1 fully saturated rings. The molecule has 3 rings (SSSR count). The van der Waals surface area contributed by atoms with Crippen LogP contribution in [0.4, 0.5) is 5.82 Å². The second-order valence-electron chi connectivity index (χ2n) is 5.32. The van der Waals surface area contributed by atoms with E-state index in [1.165, 1.54) is 0 Å². The van der Waals surface area contributed by atoms with Crippen molar-refractivity contribution >= 4 is 33.2 Å². The molecule has 2 N–H and O–H groups in total. The Labute approximate surface area is 131 Å². The summed E-state index contributed by atoms with van der Waals surface area (Å²) in [6.45, 7) is 3.47. The van der Waals surface area contributed by atoms with Gasteiger partial charge in [-0.3, -0.25) is 9.20 Å². The lowest BCUT2D eigenvalue weighted by atomic mass is 9.97. The van der Waals surface area contributed by atoms with Gasteiger partial charge in [-0.2, -0.15) is 0 Å². The predicted octanol–water partition coefficient (Wildman–Crippen LogP) is 2.19. The fourth-order valence-corrected chi connectivity index (χ4v) is 3.54. The first-order valence-electron chi connectivity index (χ1n) is 7.17. The van der Waals surface area contributed by atoms with Crippen molar-refractivity contribution in [2.24, 2.45) is 0 Å². The van der Waals surface area contributed by atoms with Crippen LogP contribution in [-0.2, 0) is 4.79 Å². The molecule has 0 saturated carbocycles. The molecule has 2 aromatic heterocycles. The average molecular weight is 352 g/mol. The average Bonchev–Trinajstić information content (AvgIpc) is 2.85. The number of hydrogen-bond acceptors (Lipinski definition) is 4. The van der Waals surface area contributed by atoms with Gasteiger partial charge in [-0.05, 0) is 28.8 Å². The van der Waals surface area contributed by atoms with Crippen molar-refractivity contribution in [3.05, 3.63) is 22.8 Å². The van der Waals surface area contributed by atoms with E-state index in [2.05, 4.69) is 25.9 Å². The van der Waals surface area contributed by atoms with Gasteiger partial charge in [0.15, 0.2) is 5.82 Å². The first kappa shape index (κ1) is 14.3. The third kappa shape index (κ3) is 2.50. The molecule has 3 heterocycles. The van der Waals surface area contributed by atoms with Crippen molar-refractivity contribution < 1.29 is 4.79 Å². The van der Waals surface area contributed by atoms with E-state index in [9.17, 15) is 4.79 Å².